The topological polar surface area (TPSA) is 21.3 Å². The van der Waals surface area contributed by atoms with Gasteiger partial charge < -0.3 is 10.1 Å². The molecular weight excluding hydrogens is 270 g/mol. The summed E-state index contributed by atoms with van der Waals surface area (Å²) in [5, 5.41) is 4.08. The fourth-order valence-corrected chi connectivity index (χ4v) is 2.18. The van der Waals surface area contributed by atoms with Gasteiger partial charge in [0.25, 0.3) is 0 Å². The number of hydrogen-bond acceptors (Lipinski definition) is 2. The molecule has 0 aliphatic rings. The predicted molar refractivity (Wildman–Crippen MR) is 85.8 cm³/mol. The van der Waals surface area contributed by atoms with E-state index in [1.54, 1.807) is 0 Å². The second-order valence-corrected chi connectivity index (χ2v) is 5.23. The molecule has 0 spiro atoms. The van der Waals surface area contributed by atoms with Crippen LogP contribution < -0.4 is 10.1 Å². The van der Waals surface area contributed by atoms with Crippen molar-refractivity contribution < 1.29 is 4.74 Å². The highest BCUT2D eigenvalue weighted by atomic mass is 35.5. The molecule has 2 rings (SSSR count). The highest BCUT2D eigenvalue weighted by Gasteiger charge is 2.09. The predicted octanol–water partition coefficient (Wildman–Crippen LogP) is 4.92. The third-order valence-electron chi connectivity index (χ3n) is 3.14. The normalized spacial score (nSPS) is 11.9. The van der Waals surface area contributed by atoms with Crippen molar-refractivity contribution in [2.45, 2.75) is 26.4 Å². The van der Waals surface area contributed by atoms with Gasteiger partial charge in [-0.05, 0) is 43.2 Å². The molecule has 0 aromatic heterocycles. The monoisotopic (exact) mass is 289 g/mol. The van der Waals surface area contributed by atoms with Gasteiger partial charge in [-0.1, -0.05) is 42.8 Å². The average molecular weight is 290 g/mol. The highest BCUT2D eigenvalue weighted by Crippen LogP contribution is 2.21. The minimum Gasteiger partial charge on any atom is -0.489 e. The zero-order chi connectivity index (χ0) is 14.4. The molecule has 0 bridgehead atoms. The largest absolute Gasteiger partial charge is 0.489 e. The SMILES string of the molecule is CCC(CNc1ccccc1Cl)Oc1cccc(C)c1. The van der Waals surface area contributed by atoms with Crippen LogP contribution in [0.4, 0.5) is 5.69 Å². The van der Waals surface area contributed by atoms with Crippen LogP contribution in [0.5, 0.6) is 5.75 Å². The maximum Gasteiger partial charge on any atom is 0.120 e. The lowest BCUT2D eigenvalue weighted by molar-refractivity contribution is 0.210. The van der Waals surface area contributed by atoms with Gasteiger partial charge in [-0.2, -0.15) is 0 Å². The van der Waals surface area contributed by atoms with Gasteiger partial charge in [-0.3, -0.25) is 0 Å². The number of nitrogens with one attached hydrogen (secondary N) is 1. The first-order valence-corrected chi connectivity index (χ1v) is 7.28. The molecule has 0 heterocycles. The molecule has 0 aliphatic heterocycles. The van der Waals surface area contributed by atoms with E-state index in [0.717, 1.165) is 29.4 Å². The van der Waals surface area contributed by atoms with E-state index in [1.807, 2.05) is 36.4 Å². The first-order chi connectivity index (χ1) is 9.69. The van der Waals surface area contributed by atoms with Gasteiger partial charge >= 0.3 is 0 Å². The summed E-state index contributed by atoms with van der Waals surface area (Å²) in [6.45, 7) is 4.92. The van der Waals surface area contributed by atoms with E-state index in [0.29, 0.717) is 0 Å². The molecule has 2 aromatic carbocycles. The van der Waals surface area contributed by atoms with Gasteiger partial charge in [0, 0.05) is 0 Å². The Labute approximate surface area is 125 Å². The second kappa shape index (κ2) is 7.20. The summed E-state index contributed by atoms with van der Waals surface area (Å²) in [4.78, 5) is 0. The number of rotatable bonds is 6. The Morgan fingerprint density at radius 1 is 1.15 bits per heavy atom. The fourth-order valence-electron chi connectivity index (χ4n) is 1.98. The molecule has 1 N–H and O–H groups in total. The van der Waals surface area contributed by atoms with Crippen molar-refractivity contribution in [2.24, 2.45) is 0 Å². The molecule has 2 aromatic rings. The van der Waals surface area contributed by atoms with Gasteiger partial charge in [0.05, 0.1) is 17.3 Å². The Hall–Kier alpha value is -1.67. The molecule has 20 heavy (non-hydrogen) atoms. The number of para-hydroxylation sites is 1. The van der Waals surface area contributed by atoms with Gasteiger partial charge in [-0.15, -0.1) is 0 Å². The van der Waals surface area contributed by atoms with Crippen LogP contribution >= 0.6 is 11.6 Å². The number of anilines is 1. The third-order valence-corrected chi connectivity index (χ3v) is 3.47. The van der Waals surface area contributed by atoms with Crippen LogP contribution in [0.2, 0.25) is 5.02 Å². The molecule has 0 radical (unpaired) electrons. The molecule has 0 fully saturated rings. The lowest BCUT2D eigenvalue weighted by Gasteiger charge is -2.19. The van der Waals surface area contributed by atoms with E-state index < -0.39 is 0 Å². The lowest BCUT2D eigenvalue weighted by Crippen LogP contribution is -2.25. The first-order valence-electron chi connectivity index (χ1n) is 6.90. The minimum atomic E-state index is 0.119. The Morgan fingerprint density at radius 2 is 1.95 bits per heavy atom. The van der Waals surface area contributed by atoms with Gasteiger partial charge in [0.2, 0.25) is 0 Å². The summed E-state index contributed by atoms with van der Waals surface area (Å²) in [6.07, 6.45) is 1.05. The van der Waals surface area contributed by atoms with Crippen molar-refractivity contribution in [3.05, 3.63) is 59.1 Å². The van der Waals surface area contributed by atoms with E-state index in [4.69, 9.17) is 16.3 Å². The molecule has 2 nitrogen and oxygen atoms in total. The Balaban J connectivity index is 1.94. The molecule has 106 valence electrons. The van der Waals surface area contributed by atoms with Crippen molar-refractivity contribution >= 4 is 17.3 Å². The molecule has 0 amide bonds. The van der Waals surface area contributed by atoms with Crippen LogP contribution in [0.25, 0.3) is 0 Å². The Morgan fingerprint density at radius 3 is 2.65 bits per heavy atom. The van der Waals surface area contributed by atoms with Gasteiger partial charge in [0.15, 0.2) is 0 Å². The van der Waals surface area contributed by atoms with E-state index in [-0.39, 0.29) is 6.10 Å². The number of benzene rings is 2. The van der Waals surface area contributed by atoms with E-state index in [1.165, 1.54) is 5.56 Å². The molecule has 1 atom stereocenters. The number of ether oxygens (including phenoxy) is 1. The number of aryl methyl sites for hydroxylation is 1. The maximum absolute atomic E-state index is 6.13. The van der Waals surface area contributed by atoms with Gasteiger partial charge in [0.1, 0.15) is 11.9 Å². The maximum atomic E-state index is 6.13. The van der Waals surface area contributed by atoms with Crippen LogP contribution in [-0.4, -0.2) is 12.6 Å². The van der Waals surface area contributed by atoms with E-state index >= 15 is 0 Å². The summed E-state index contributed by atoms with van der Waals surface area (Å²) in [7, 11) is 0. The smallest absolute Gasteiger partial charge is 0.120 e. The van der Waals surface area contributed by atoms with Crippen molar-refractivity contribution in [3.63, 3.8) is 0 Å². The lowest BCUT2D eigenvalue weighted by atomic mass is 10.2. The van der Waals surface area contributed by atoms with Crippen molar-refractivity contribution in [1.82, 2.24) is 0 Å². The third kappa shape index (κ3) is 4.17. The van der Waals surface area contributed by atoms with Crippen LogP contribution in [0, 0.1) is 6.92 Å². The van der Waals surface area contributed by atoms with Crippen LogP contribution in [0.1, 0.15) is 18.9 Å². The summed E-state index contributed by atoms with van der Waals surface area (Å²) < 4.78 is 6.00. The van der Waals surface area contributed by atoms with Gasteiger partial charge in [-0.25, -0.2) is 0 Å². The molecule has 0 saturated carbocycles. The summed E-state index contributed by atoms with van der Waals surface area (Å²) >= 11 is 6.13. The highest BCUT2D eigenvalue weighted by molar-refractivity contribution is 6.33. The second-order valence-electron chi connectivity index (χ2n) is 4.83. The van der Waals surface area contributed by atoms with Crippen molar-refractivity contribution in [3.8, 4) is 5.75 Å². The van der Waals surface area contributed by atoms with Crippen molar-refractivity contribution in [1.29, 1.82) is 0 Å². The molecule has 0 aliphatic carbocycles. The van der Waals surface area contributed by atoms with E-state index in [9.17, 15) is 0 Å². The molecular formula is C17H20ClNO. The van der Waals surface area contributed by atoms with Crippen molar-refractivity contribution in [2.75, 3.05) is 11.9 Å². The van der Waals surface area contributed by atoms with Crippen LogP contribution in [0.3, 0.4) is 0 Å². The molecule has 3 heteroatoms. The average Bonchev–Trinajstić information content (AvgIpc) is 2.45. The summed E-state index contributed by atoms with van der Waals surface area (Å²) in [5.41, 5.74) is 2.15. The van der Waals surface area contributed by atoms with E-state index in [2.05, 4.69) is 31.3 Å². The zero-order valence-corrected chi connectivity index (χ0v) is 12.7. The van der Waals surface area contributed by atoms with Crippen LogP contribution in [0.15, 0.2) is 48.5 Å². The summed E-state index contributed by atoms with van der Waals surface area (Å²) in [6, 6.07) is 15.9. The number of halogens is 1. The van der Waals surface area contributed by atoms with Crippen LogP contribution in [-0.2, 0) is 0 Å². The Kier molecular flexibility index (Phi) is 5.31. The quantitative estimate of drug-likeness (QED) is 0.815. The first kappa shape index (κ1) is 14.7. The minimum absolute atomic E-state index is 0.119. The zero-order valence-electron chi connectivity index (χ0n) is 11.9. The molecule has 0 saturated heterocycles. The number of hydrogen-bond donors (Lipinski definition) is 1. The molecule has 1 unspecified atom stereocenters. The Bertz CT molecular complexity index is 556. The summed E-state index contributed by atoms with van der Waals surface area (Å²) in [5.74, 6) is 0.915. The standard InChI is InChI=1S/C17H20ClNO/c1-3-14(20-15-8-6-7-13(2)11-15)12-19-17-10-5-4-9-16(17)18/h4-11,14,19H,3,12H2,1-2H3. The fraction of sp³-hybridized carbons (Fsp3) is 0.294.